The van der Waals surface area contributed by atoms with E-state index in [2.05, 4.69) is 21.4 Å². The minimum Gasteiger partial charge on any atom is -0.485 e. The summed E-state index contributed by atoms with van der Waals surface area (Å²) in [6.07, 6.45) is 7.36. The summed E-state index contributed by atoms with van der Waals surface area (Å²) in [4.78, 5) is 8.22. The van der Waals surface area contributed by atoms with E-state index in [1.807, 2.05) is 12.1 Å². The summed E-state index contributed by atoms with van der Waals surface area (Å²) in [5, 5.41) is 3.41. The monoisotopic (exact) mass is 241 g/mol. The van der Waals surface area contributed by atoms with Crippen LogP contribution >= 0.6 is 0 Å². The van der Waals surface area contributed by atoms with Gasteiger partial charge in [-0.15, -0.1) is 0 Å². The minimum absolute atomic E-state index is 0.450. The fraction of sp³-hybridized carbons (Fsp3) is 0.286. The number of nitrogens with zero attached hydrogens (tertiary/aromatic N) is 2. The van der Waals surface area contributed by atoms with Gasteiger partial charge in [-0.25, -0.2) is 0 Å². The third-order valence-corrected chi connectivity index (χ3v) is 3.03. The SMILES string of the molecule is c1cc2c(c(OCc3cnccn3)c1)NCCC2. The molecule has 0 saturated carbocycles. The Labute approximate surface area is 106 Å². The number of benzene rings is 1. The van der Waals surface area contributed by atoms with Gasteiger partial charge in [-0.3, -0.25) is 9.97 Å². The summed E-state index contributed by atoms with van der Waals surface area (Å²) in [7, 11) is 0. The Kier molecular flexibility index (Phi) is 3.08. The van der Waals surface area contributed by atoms with E-state index in [0.717, 1.165) is 30.1 Å². The van der Waals surface area contributed by atoms with Crippen LogP contribution in [-0.2, 0) is 13.0 Å². The maximum atomic E-state index is 5.83. The van der Waals surface area contributed by atoms with Crippen LogP contribution in [0, 0.1) is 0 Å². The first-order chi connectivity index (χ1) is 8.93. The van der Waals surface area contributed by atoms with Crippen LogP contribution in [-0.4, -0.2) is 16.5 Å². The molecule has 1 aliphatic rings. The molecule has 1 N–H and O–H groups in total. The zero-order valence-electron chi connectivity index (χ0n) is 10.1. The molecule has 0 unspecified atom stereocenters. The highest BCUT2D eigenvalue weighted by Crippen LogP contribution is 2.32. The molecule has 2 aromatic rings. The molecule has 0 bridgehead atoms. The van der Waals surface area contributed by atoms with Gasteiger partial charge in [-0.05, 0) is 24.5 Å². The number of nitrogens with one attached hydrogen (secondary N) is 1. The molecule has 92 valence electrons. The summed E-state index contributed by atoms with van der Waals surface area (Å²) >= 11 is 0. The first-order valence-corrected chi connectivity index (χ1v) is 6.17. The van der Waals surface area contributed by atoms with Crippen molar-refractivity contribution in [2.24, 2.45) is 0 Å². The molecule has 1 aliphatic heterocycles. The Bertz CT molecular complexity index is 528. The van der Waals surface area contributed by atoms with Gasteiger partial charge < -0.3 is 10.1 Å². The molecule has 0 atom stereocenters. The van der Waals surface area contributed by atoms with Gasteiger partial charge in [0.1, 0.15) is 12.4 Å². The van der Waals surface area contributed by atoms with E-state index in [4.69, 9.17) is 4.74 Å². The topological polar surface area (TPSA) is 47.0 Å². The highest BCUT2D eigenvalue weighted by atomic mass is 16.5. The van der Waals surface area contributed by atoms with Crippen LogP contribution in [0.2, 0.25) is 0 Å². The second-order valence-electron chi connectivity index (χ2n) is 4.31. The lowest BCUT2D eigenvalue weighted by atomic mass is 10.0. The van der Waals surface area contributed by atoms with Crippen LogP contribution in [0.25, 0.3) is 0 Å². The number of aromatic nitrogens is 2. The average Bonchev–Trinajstić information content (AvgIpc) is 2.46. The summed E-state index contributed by atoms with van der Waals surface area (Å²) < 4.78 is 5.83. The summed E-state index contributed by atoms with van der Waals surface area (Å²) in [5.41, 5.74) is 3.30. The van der Waals surface area contributed by atoms with E-state index in [1.165, 1.54) is 12.0 Å². The number of anilines is 1. The number of para-hydroxylation sites is 1. The van der Waals surface area contributed by atoms with E-state index < -0.39 is 0 Å². The molecule has 0 saturated heterocycles. The average molecular weight is 241 g/mol. The van der Waals surface area contributed by atoms with Crippen molar-refractivity contribution in [1.29, 1.82) is 0 Å². The molecule has 0 amide bonds. The van der Waals surface area contributed by atoms with Crippen molar-refractivity contribution in [1.82, 2.24) is 9.97 Å². The van der Waals surface area contributed by atoms with Gasteiger partial charge in [-0.1, -0.05) is 12.1 Å². The summed E-state index contributed by atoms with van der Waals surface area (Å²) in [6.45, 7) is 1.46. The summed E-state index contributed by atoms with van der Waals surface area (Å²) in [5.74, 6) is 0.901. The fourth-order valence-corrected chi connectivity index (χ4v) is 2.15. The molecule has 1 aromatic carbocycles. The van der Waals surface area contributed by atoms with Crippen LogP contribution in [0.4, 0.5) is 5.69 Å². The number of hydrogen-bond donors (Lipinski definition) is 1. The molecule has 18 heavy (non-hydrogen) atoms. The van der Waals surface area contributed by atoms with Crippen LogP contribution in [0.5, 0.6) is 5.75 Å². The van der Waals surface area contributed by atoms with Crippen molar-refractivity contribution in [2.45, 2.75) is 19.4 Å². The van der Waals surface area contributed by atoms with Crippen molar-refractivity contribution >= 4 is 5.69 Å². The second-order valence-corrected chi connectivity index (χ2v) is 4.31. The van der Waals surface area contributed by atoms with Gasteiger partial charge >= 0.3 is 0 Å². The van der Waals surface area contributed by atoms with Crippen LogP contribution < -0.4 is 10.1 Å². The van der Waals surface area contributed by atoms with Gasteiger partial charge in [0.2, 0.25) is 0 Å². The first-order valence-electron chi connectivity index (χ1n) is 6.17. The lowest BCUT2D eigenvalue weighted by Crippen LogP contribution is -2.13. The van der Waals surface area contributed by atoms with E-state index in [-0.39, 0.29) is 0 Å². The largest absolute Gasteiger partial charge is 0.485 e. The maximum absolute atomic E-state index is 5.83. The molecular formula is C14H15N3O. The van der Waals surface area contributed by atoms with Crippen molar-refractivity contribution in [3.8, 4) is 5.75 Å². The quantitative estimate of drug-likeness (QED) is 0.896. The molecule has 0 radical (unpaired) electrons. The van der Waals surface area contributed by atoms with Gasteiger partial charge in [-0.2, -0.15) is 0 Å². The third kappa shape index (κ3) is 2.27. The molecule has 3 rings (SSSR count). The van der Waals surface area contributed by atoms with Crippen LogP contribution in [0.3, 0.4) is 0 Å². The molecule has 0 fully saturated rings. The van der Waals surface area contributed by atoms with E-state index in [0.29, 0.717) is 6.61 Å². The zero-order chi connectivity index (χ0) is 12.2. The molecule has 1 aromatic heterocycles. The standard InChI is InChI=1S/C14H15N3O/c1-3-11-4-2-6-17-14(11)13(5-1)18-10-12-9-15-7-8-16-12/h1,3,5,7-9,17H,2,4,6,10H2. The Morgan fingerprint density at radius 2 is 2.28 bits per heavy atom. The van der Waals surface area contributed by atoms with Crippen molar-refractivity contribution in [3.63, 3.8) is 0 Å². The third-order valence-electron chi connectivity index (χ3n) is 3.03. The van der Waals surface area contributed by atoms with Crippen LogP contribution in [0.1, 0.15) is 17.7 Å². The normalized spacial score (nSPS) is 13.6. The van der Waals surface area contributed by atoms with Crippen LogP contribution in [0.15, 0.2) is 36.8 Å². The fourth-order valence-electron chi connectivity index (χ4n) is 2.15. The van der Waals surface area contributed by atoms with Gasteiger partial charge in [0.15, 0.2) is 0 Å². The predicted molar refractivity (Wildman–Crippen MR) is 69.6 cm³/mol. The number of rotatable bonds is 3. The number of aryl methyl sites for hydroxylation is 1. The predicted octanol–water partition coefficient (Wildman–Crippen LogP) is 2.41. The molecule has 0 aliphatic carbocycles. The summed E-state index contributed by atoms with van der Waals surface area (Å²) in [6, 6.07) is 6.18. The van der Waals surface area contributed by atoms with E-state index in [1.54, 1.807) is 18.6 Å². The molecule has 2 heterocycles. The second kappa shape index (κ2) is 5.04. The van der Waals surface area contributed by atoms with Crippen molar-refractivity contribution < 1.29 is 4.74 Å². The van der Waals surface area contributed by atoms with E-state index in [9.17, 15) is 0 Å². The highest BCUT2D eigenvalue weighted by Gasteiger charge is 2.13. The van der Waals surface area contributed by atoms with Crippen molar-refractivity contribution in [3.05, 3.63) is 48.0 Å². The molecule has 4 nitrogen and oxygen atoms in total. The van der Waals surface area contributed by atoms with E-state index >= 15 is 0 Å². The Morgan fingerprint density at radius 3 is 3.17 bits per heavy atom. The minimum atomic E-state index is 0.450. The molecule has 0 spiro atoms. The molecule has 4 heteroatoms. The highest BCUT2D eigenvalue weighted by molar-refractivity contribution is 5.63. The smallest absolute Gasteiger partial charge is 0.143 e. The van der Waals surface area contributed by atoms with Crippen molar-refractivity contribution in [2.75, 3.05) is 11.9 Å². The Hall–Kier alpha value is -2.10. The lowest BCUT2D eigenvalue weighted by molar-refractivity contribution is 0.301. The Morgan fingerprint density at radius 1 is 1.28 bits per heavy atom. The zero-order valence-corrected chi connectivity index (χ0v) is 10.1. The van der Waals surface area contributed by atoms with Gasteiger partial charge in [0, 0.05) is 18.9 Å². The Balaban J connectivity index is 1.77. The number of hydrogen-bond acceptors (Lipinski definition) is 4. The van der Waals surface area contributed by atoms with Gasteiger partial charge in [0.05, 0.1) is 17.6 Å². The molecular weight excluding hydrogens is 226 g/mol. The maximum Gasteiger partial charge on any atom is 0.143 e. The first kappa shape index (κ1) is 11.0. The lowest BCUT2D eigenvalue weighted by Gasteiger charge is -2.21. The number of fused-ring (bicyclic) bond motifs is 1. The van der Waals surface area contributed by atoms with Gasteiger partial charge in [0.25, 0.3) is 0 Å². The number of ether oxygens (including phenoxy) is 1.